The van der Waals surface area contributed by atoms with Crippen molar-refractivity contribution in [2.75, 3.05) is 44.6 Å². The number of guanidine groups is 1. The fourth-order valence-electron chi connectivity index (χ4n) is 2.53. The lowest BCUT2D eigenvalue weighted by Gasteiger charge is -2.15. The van der Waals surface area contributed by atoms with Gasteiger partial charge in [-0.05, 0) is 43.7 Å². The average molecular weight is 498 g/mol. The molecule has 0 saturated carbocycles. The number of rotatable bonds is 8. The van der Waals surface area contributed by atoms with Crippen LogP contribution in [0.4, 0.5) is 11.4 Å². The number of halogens is 1. The van der Waals surface area contributed by atoms with E-state index in [9.17, 15) is 0 Å². The van der Waals surface area contributed by atoms with Crippen LogP contribution in [-0.2, 0) is 6.54 Å². The standard InChI is InChI=1S/C21H30N4O2.HI/c1-6-22-21(23-15-16-8-11-18(12-9-16)25(3)4)24-17-10-13-19(27-7-2)20(14-17)26-5;/h8-14H,6-7,15H2,1-5H3,(H2,22,23,24);1H. The fraction of sp³-hybridized carbons (Fsp3) is 0.381. The summed E-state index contributed by atoms with van der Waals surface area (Å²) in [5.41, 5.74) is 3.22. The van der Waals surface area contributed by atoms with Crippen molar-refractivity contribution in [3.63, 3.8) is 0 Å². The topological polar surface area (TPSA) is 58.1 Å². The van der Waals surface area contributed by atoms with E-state index in [0.717, 1.165) is 29.5 Å². The maximum absolute atomic E-state index is 5.57. The zero-order valence-electron chi connectivity index (χ0n) is 17.3. The lowest BCUT2D eigenvalue weighted by atomic mass is 10.2. The van der Waals surface area contributed by atoms with Gasteiger partial charge >= 0.3 is 0 Å². The van der Waals surface area contributed by atoms with Gasteiger partial charge in [0.25, 0.3) is 0 Å². The molecule has 0 atom stereocenters. The largest absolute Gasteiger partial charge is 0.493 e. The monoisotopic (exact) mass is 498 g/mol. The van der Waals surface area contributed by atoms with Crippen molar-refractivity contribution >= 4 is 41.3 Å². The van der Waals surface area contributed by atoms with Crippen molar-refractivity contribution in [3.05, 3.63) is 48.0 Å². The van der Waals surface area contributed by atoms with Crippen LogP contribution >= 0.6 is 24.0 Å². The molecule has 0 amide bonds. The Kier molecular flexibility index (Phi) is 10.5. The van der Waals surface area contributed by atoms with E-state index in [2.05, 4.69) is 44.8 Å². The first kappa shape index (κ1) is 23.9. The summed E-state index contributed by atoms with van der Waals surface area (Å²) in [6.07, 6.45) is 0. The maximum Gasteiger partial charge on any atom is 0.196 e. The number of hydrogen-bond donors (Lipinski definition) is 2. The van der Waals surface area contributed by atoms with Gasteiger partial charge in [0.2, 0.25) is 0 Å². The number of nitrogens with zero attached hydrogens (tertiary/aromatic N) is 2. The first-order valence-corrected chi connectivity index (χ1v) is 9.19. The Hall–Kier alpha value is -2.16. The van der Waals surface area contributed by atoms with E-state index in [0.29, 0.717) is 18.9 Å². The molecule has 0 spiro atoms. The second kappa shape index (κ2) is 12.3. The smallest absolute Gasteiger partial charge is 0.196 e. The Labute approximate surface area is 185 Å². The van der Waals surface area contributed by atoms with Crippen LogP contribution in [0.15, 0.2) is 47.5 Å². The molecule has 0 fully saturated rings. The highest BCUT2D eigenvalue weighted by atomic mass is 127. The molecule has 28 heavy (non-hydrogen) atoms. The lowest BCUT2D eigenvalue weighted by molar-refractivity contribution is 0.311. The minimum atomic E-state index is 0. The molecule has 0 aliphatic heterocycles. The summed E-state index contributed by atoms with van der Waals surface area (Å²) in [7, 11) is 5.70. The number of anilines is 2. The molecule has 2 aromatic carbocycles. The van der Waals surface area contributed by atoms with Gasteiger partial charge in [0.15, 0.2) is 17.5 Å². The van der Waals surface area contributed by atoms with Crippen LogP contribution in [0.3, 0.4) is 0 Å². The van der Waals surface area contributed by atoms with Crippen LogP contribution in [0.25, 0.3) is 0 Å². The first-order valence-electron chi connectivity index (χ1n) is 9.19. The predicted octanol–water partition coefficient (Wildman–Crippen LogP) is 4.36. The predicted molar refractivity (Wildman–Crippen MR) is 129 cm³/mol. The molecule has 2 aromatic rings. The van der Waals surface area contributed by atoms with Crippen LogP contribution in [-0.4, -0.2) is 40.3 Å². The molecule has 0 heterocycles. The van der Waals surface area contributed by atoms with Gasteiger partial charge in [-0.25, -0.2) is 4.99 Å². The fourth-order valence-corrected chi connectivity index (χ4v) is 2.53. The SMILES string of the molecule is CCNC(=NCc1ccc(N(C)C)cc1)Nc1ccc(OCC)c(OC)c1.I. The summed E-state index contributed by atoms with van der Waals surface area (Å²) in [6, 6.07) is 14.2. The number of benzene rings is 2. The van der Waals surface area contributed by atoms with Crippen LogP contribution in [0, 0.1) is 0 Å². The van der Waals surface area contributed by atoms with Crippen LogP contribution < -0.4 is 25.0 Å². The van der Waals surface area contributed by atoms with Crippen molar-refractivity contribution in [3.8, 4) is 11.5 Å². The van der Waals surface area contributed by atoms with E-state index < -0.39 is 0 Å². The van der Waals surface area contributed by atoms with Crippen molar-refractivity contribution in [2.24, 2.45) is 4.99 Å². The number of ether oxygens (including phenoxy) is 2. The van der Waals surface area contributed by atoms with E-state index >= 15 is 0 Å². The molecule has 0 aliphatic rings. The van der Waals surface area contributed by atoms with Gasteiger partial charge in [-0.15, -0.1) is 24.0 Å². The number of methoxy groups -OCH3 is 1. The second-order valence-corrected chi connectivity index (χ2v) is 6.18. The quantitative estimate of drug-likeness (QED) is 0.322. The molecule has 0 unspecified atom stereocenters. The number of hydrogen-bond acceptors (Lipinski definition) is 4. The summed E-state index contributed by atoms with van der Waals surface area (Å²) in [4.78, 5) is 6.76. The van der Waals surface area contributed by atoms with Crippen molar-refractivity contribution < 1.29 is 9.47 Å². The van der Waals surface area contributed by atoms with Crippen LogP contribution in [0.2, 0.25) is 0 Å². The van der Waals surface area contributed by atoms with Crippen LogP contribution in [0.5, 0.6) is 11.5 Å². The minimum absolute atomic E-state index is 0. The Morgan fingerprint density at radius 2 is 1.75 bits per heavy atom. The highest BCUT2D eigenvalue weighted by Gasteiger charge is 2.07. The Bertz CT molecular complexity index is 749. The Morgan fingerprint density at radius 1 is 1.04 bits per heavy atom. The third-order valence-corrected chi connectivity index (χ3v) is 3.94. The summed E-state index contributed by atoms with van der Waals surface area (Å²) < 4.78 is 11.0. The summed E-state index contributed by atoms with van der Waals surface area (Å²) in [5, 5.41) is 6.59. The zero-order chi connectivity index (χ0) is 19.6. The molecule has 0 radical (unpaired) electrons. The number of aliphatic imine (C=N–C) groups is 1. The number of nitrogens with one attached hydrogen (secondary N) is 2. The lowest BCUT2D eigenvalue weighted by Crippen LogP contribution is -2.30. The Morgan fingerprint density at radius 3 is 2.32 bits per heavy atom. The average Bonchev–Trinajstić information content (AvgIpc) is 2.68. The molecule has 0 saturated heterocycles. The molecule has 0 aliphatic carbocycles. The van der Waals surface area contributed by atoms with E-state index in [1.54, 1.807) is 7.11 Å². The third kappa shape index (κ3) is 7.10. The summed E-state index contributed by atoms with van der Waals surface area (Å²) in [6.45, 7) is 5.96. The van der Waals surface area contributed by atoms with Gasteiger partial charge in [0.05, 0.1) is 20.3 Å². The van der Waals surface area contributed by atoms with Gasteiger partial charge in [-0.1, -0.05) is 12.1 Å². The maximum atomic E-state index is 5.57. The van der Waals surface area contributed by atoms with Gasteiger partial charge in [0, 0.05) is 38.1 Å². The van der Waals surface area contributed by atoms with E-state index in [1.165, 1.54) is 5.69 Å². The molecule has 0 aromatic heterocycles. The zero-order valence-corrected chi connectivity index (χ0v) is 19.6. The minimum Gasteiger partial charge on any atom is -0.493 e. The van der Waals surface area contributed by atoms with Crippen molar-refractivity contribution in [2.45, 2.75) is 20.4 Å². The van der Waals surface area contributed by atoms with Gasteiger partial charge in [-0.3, -0.25) is 0 Å². The molecule has 6 nitrogen and oxygen atoms in total. The van der Waals surface area contributed by atoms with Gasteiger partial charge in [-0.2, -0.15) is 0 Å². The summed E-state index contributed by atoms with van der Waals surface area (Å²) in [5.74, 6) is 2.14. The third-order valence-electron chi connectivity index (χ3n) is 3.94. The molecule has 2 N–H and O–H groups in total. The molecular formula is C21H31IN4O2. The van der Waals surface area contributed by atoms with Crippen LogP contribution in [0.1, 0.15) is 19.4 Å². The van der Waals surface area contributed by atoms with Crippen molar-refractivity contribution in [1.82, 2.24) is 5.32 Å². The van der Waals surface area contributed by atoms with Crippen molar-refractivity contribution in [1.29, 1.82) is 0 Å². The molecule has 2 rings (SSSR count). The second-order valence-electron chi connectivity index (χ2n) is 6.18. The molecule has 0 bridgehead atoms. The van der Waals surface area contributed by atoms with Gasteiger partial charge < -0.3 is 25.0 Å². The molecule has 154 valence electrons. The normalized spacial score (nSPS) is 10.7. The Balaban J connectivity index is 0.00000392. The van der Waals surface area contributed by atoms with E-state index in [-0.39, 0.29) is 24.0 Å². The van der Waals surface area contributed by atoms with E-state index in [4.69, 9.17) is 9.47 Å². The first-order chi connectivity index (χ1) is 13.1. The van der Waals surface area contributed by atoms with E-state index in [1.807, 2.05) is 46.1 Å². The molecule has 7 heteroatoms. The highest BCUT2D eigenvalue weighted by molar-refractivity contribution is 14.0. The van der Waals surface area contributed by atoms with Gasteiger partial charge in [0.1, 0.15) is 0 Å². The summed E-state index contributed by atoms with van der Waals surface area (Å²) >= 11 is 0. The molecular weight excluding hydrogens is 467 g/mol. The highest BCUT2D eigenvalue weighted by Crippen LogP contribution is 2.30.